The largest absolute Gasteiger partial charge is 0.505 e. The minimum absolute atomic E-state index is 0.0673. The van der Waals surface area contributed by atoms with Crippen LogP contribution in [0.5, 0.6) is 5.75 Å². The van der Waals surface area contributed by atoms with E-state index >= 15 is 0 Å². The number of carbonyl (C=O) groups excluding carboxylic acids is 1. The molecule has 0 aliphatic carbocycles. The summed E-state index contributed by atoms with van der Waals surface area (Å²) in [5, 5.41) is 10.5. The van der Waals surface area contributed by atoms with Crippen molar-refractivity contribution >= 4 is 17.0 Å². The molecule has 29 heavy (non-hydrogen) atoms. The monoisotopic (exact) mass is 400 g/mol. The van der Waals surface area contributed by atoms with Crippen LogP contribution in [0.3, 0.4) is 0 Å². The van der Waals surface area contributed by atoms with Gasteiger partial charge in [-0.25, -0.2) is 9.18 Å². The molecule has 8 heteroatoms. The second kappa shape index (κ2) is 8.83. The van der Waals surface area contributed by atoms with Crippen molar-refractivity contribution in [3.05, 3.63) is 69.4 Å². The van der Waals surface area contributed by atoms with E-state index in [0.717, 1.165) is 11.1 Å². The quantitative estimate of drug-likeness (QED) is 0.613. The molecule has 0 aliphatic heterocycles. The summed E-state index contributed by atoms with van der Waals surface area (Å²) in [6.07, 6.45) is 2.01. The predicted octanol–water partition coefficient (Wildman–Crippen LogP) is 2.66. The minimum atomic E-state index is -0.903. The van der Waals surface area contributed by atoms with Gasteiger partial charge in [0, 0.05) is 19.9 Å². The topological polar surface area (TPSA) is 90.7 Å². The van der Waals surface area contributed by atoms with Crippen LogP contribution in [0.15, 0.2) is 41.3 Å². The van der Waals surface area contributed by atoms with Crippen LogP contribution in [0.1, 0.15) is 28.4 Å². The van der Waals surface area contributed by atoms with Crippen molar-refractivity contribution in [3.8, 4) is 5.75 Å². The van der Waals surface area contributed by atoms with Gasteiger partial charge >= 0.3 is 5.97 Å². The fourth-order valence-electron chi connectivity index (χ4n) is 3.07. The van der Waals surface area contributed by atoms with E-state index in [4.69, 9.17) is 9.47 Å². The molecule has 0 unspecified atom stereocenters. The third-order valence-corrected chi connectivity index (χ3v) is 4.46. The molecule has 152 valence electrons. The van der Waals surface area contributed by atoms with E-state index in [0.29, 0.717) is 11.9 Å². The Kier molecular flexibility index (Phi) is 6.23. The number of methoxy groups -OCH3 is 1. The number of rotatable bonds is 7. The lowest BCUT2D eigenvalue weighted by Crippen LogP contribution is -2.29. The summed E-state index contributed by atoms with van der Waals surface area (Å²) in [4.78, 5) is 29.4. The standard InChI is InChI=1S/C21H21FN2O5/c1-3-29-21(27)17-19(25)18-16(24(20(17)26)8-9-28-2)11-14(12-23-18)10-13-4-6-15(22)7-5-13/h4-7,11-12,25H,3,8-10H2,1-2H3. The number of carbonyl (C=O) groups is 1. The molecule has 0 radical (unpaired) electrons. The molecule has 1 aromatic carbocycles. The molecule has 2 aromatic heterocycles. The summed E-state index contributed by atoms with van der Waals surface area (Å²) in [7, 11) is 1.50. The fourth-order valence-corrected chi connectivity index (χ4v) is 3.07. The maximum atomic E-state index is 13.1. The summed E-state index contributed by atoms with van der Waals surface area (Å²) in [5.41, 5.74) is 0.993. The lowest BCUT2D eigenvalue weighted by Gasteiger charge is -2.14. The molecule has 3 rings (SSSR count). The van der Waals surface area contributed by atoms with Gasteiger partial charge in [-0.1, -0.05) is 12.1 Å². The maximum Gasteiger partial charge on any atom is 0.347 e. The Morgan fingerprint density at radius 1 is 1.24 bits per heavy atom. The van der Waals surface area contributed by atoms with Crippen LogP contribution in [0.4, 0.5) is 4.39 Å². The van der Waals surface area contributed by atoms with Crippen molar-refractivity contribution in [1.29, 1.82) is 0 Å². The van der Waals surface area contributed by atoms with Gasteiger partial charge in [0.25, 0.3) is 5.56 Å². The average molecular weight is 400 g/mol. The summed E-state index contributed by atoms with van der Waals surface area (Å²) >= 11 is 0. The summed E-state index contributed by atoms with van der Waals surface area (Å²) in [6.45, 7) is 2.07. The molecule has 0 aliphatic rings. The smallest absolute Gasteiger partial charge is 0.347 e. The number of halogens is 1. The first-order chi connectivity index (χ1) is 14.0. The molecule has 2 heterocycles. The highest BCUT2D eigenvalue weighted by Crippen LogP contribution is 2.26. The summed E-state index contributed by atoms with van der Waals surface area (Å²) in [6, 6.07) is 7.79. The minimum Gasteiger partial charge on any atom is -0.505 e. The number of benzene rings is 1. The number of nitrogens with zero attached hydrogens (tertiary/aromatic N) is 2. The molecule has 1 N–H and O–H groups in total. The molecule has 0 atom stereocenters. The van der Waals surface area contributed by atoms with Gasteiger partial charge in [-0.3, -0.25) is 9.78 Å². The molecule has 3 aromatic rings. The Bertz CT molecular complexity index is 1090. The zero-order chi connectivity index (χ0) is 21.0. The Morgan fingerprint density at radius 2 is 1.97 bits per heavy atom. The number of hydrogen-bond acceptors (Lipinski definition) is 6. The number of ether oxygens (including phenoxy) is 2. The molecule has 0 bridgehead atoms. The van der Waals surface area contributed by atoms with E-state index in [2.05, 4.69) is 4.98 Å². The number of aromatic hydroxyl groups is 1. The van der Waals surface area contributed by atoms with Crippen molar-refractivity contribution in [1.82, 2.24) is 9.55 Å². The van der Waals surface area contributed by atoms with Crippen LogP contribution in [-0.4, -0.2) is 41.0 Å². The SMILES string of the molecule is CCOC(=O)c1c(O)c2ncc(Cc3ccc(F)cc3)cc2n(CCOC)c1=O. The lowest BCUT2D eigenvalue weighted by atomic mass is 10.1. The van der Waals surface area contributed by atoms with E-state index in [1.54, 1.807) is 31.3 Å². The second-order valence-corrected chi connectivity index (χ2v) is 6.41. The van der Waals surface area contributed by atoms with Gasteiger partial charge in [-0.15, -0.1) is 0 Å². The molecule has 0 saturated heterocycles. The van der Waals surface area contributed by atoms with Gasteiger partial charge in [-0.05, 0) is 42.7 Å². The predicted molar refractivity (Wildman–Crippen MR) is 105 cm³/mol. The molecule has 0 spiro atoms. The van der Waals surface area contributed by atoms with E-state index in [1.165, 1.54) is 23.8 Å². The normalized spacial score (nSPS) is 11.0. The molecule has 0 amide bonds. The van der Waals surface area contributed by atoms with Gasteiger partial charge in [0.05, 0.1) is 18.7 Å². The highest BCUT2D eigenvalue weighted by Gasteiger charge is 2.24. The summed E-state index contributed by atoms with van der Waals surface area (Å²) < 4.78 is 24.4. The van der Waals surface area contributed by atoms with Crippen LogP contribution in [0.25, 0.3) is 11.0 Å². The molecule has 0 fully saturated rings. The Balaban J connectivity index is 2.14. The van der Waals surface area contributed by atoms with Crippen LogP contribution in [0.2, 0.25) is 0 Å². The number of esters is 1. The second-order valence-electron chi connectivity index (χ2n) is 6.41. The first-order valence-corrected chi connectivity index (χ1v) is 9.11. The number of pyridine rings is 2. The molecule has 0 saturated carbocycles. The highest BCUT2D eigenvalue weighted by atomic mass is 19.1. The first-order valence-electron chi connectivity index (χ1n) is 9.11. The third kappa shape index (κ3) is 4.27. The number of aromatic nitrogens is 2. The number of hydrogen-bond donors (Lipinski definition) is 1. The zero-order valence-corrected chi connectivity index (χ0v) is 16.1. The van der Waals surface area contributed by atoms with Gasteiger partial charge in [0.15, 0.2) is 11.3 Å². The molecule has 7 nitrogen and oxygen atoms in total. The van der Waals surface area contributed by atoms with Crippen LogP contribution < -0.4 is 5.56 Å². The van der Waals surface area contributed by atoms with Crippen LogP contribution in [-0.2, 0) is 22.4 Å². The fraction of sp³-hybridized carbons (Fsp3) is 0.286. The van der Waals surface area contributed by atoms with Crippen molar-refractivity contribution in [2.45, 2.75) is 19.9 Å². The Labute approximate surface area is 166 Å². The summed E-state index contributed by atoms with van der Waals surface area (Å²) in [5.74, 6) is -1.74. The van der Waals surface area contributed by atoms with Crippen molar-refractivity contribution in [2.75, 3.05) is 20.3 Å². The van der Waals surface area contributed by atoms with Crippen molar-refractivity contribution in [2.24, 2.45) is 0 Å². The molecular weight excluding hydrogens is 379 g/mol. The lowest BCUT2D eigenvalue weighted by molar-refractivity contribution is 0.0520. The third-order valence-electron chi connectivity index (χ3n) is 4.46. The van der Waals surface area contributed by atoms with Gasteiger partial charge < -0.3 is 19.1 Å². The average Bonchev–Trinajstić information content (AvgIpc) is 2.70. The maximum absolute atomic E-state index is 13.1. The first kappa shape index (κ1) is 20.5. The van der Waals surface area contributed by atoms with E-state index < -0.39 is 22.8 Å². The molecular formula is C21H21FN2O5. The van der Waals surface area contributed by atoms with Gasteiger partial charge in [0.1, 0.15) is 11.3 Å². The zero-order valence-electron chi connectivity index (χ0n) is 16.1. The van der Waals surface area contributed by atoms with Crippen LogP contribution in [0, 0.1) is 5.82 Å². The number of fused-ring (bicyclic) bond motifs is 1. The van der Waals surface area contributed by atoms with Crippen LogP contribution >= 0.6 is 0 Å². The van der Waals surface area contributed by atoms with Gasteiger partial charge in [-0.2, -0.15) is 0 Å². The van der Waals surface area contributed by atoms with E-state index in [-0.39, 0.29) is 31.1 Å². The Hall–Kier alpha value is -3.26. The Morgan fingerprint density at radius 3 is 2.62 bits per heavy atom. The van der Waals surface area contributed by atoms with Crippen molar-refractivity contribution in [3.63, 3.8) is 0 Å². The van der Waals surface area contributed by atoms with Crippen molar-refractivity contribution < 1.29 is 23.8 Å². The van der Waals surface area contributed by atoms with E-state index in [1.807, 2.05) is 0 Å². The van der Waals surface area contributed by atoms with Gasteiger partial charge in [0.2, 0.25) is 0 Å². The van der Waals surface area contributed by atoms with E-state index in [9.17, 15) is 19.1 Å². The highest BCUT2D eigenvalue weighted by molar-refractivity contribution is 5.98.